The van der Waals surface area contributed by atoms with Crippen molar-refractivity contribution in [3.05, 3.63) is 82.6 Å². The van der Waals surface area contributed by atoms with Crippen molar-refractivity contribution in [2.75, 3.05) is 11.5 Å². The van der Waals surface area contributed by atoms with E-state index in [2.05, 4.69) is 19.0 Å². The lowest BCUT2D eigenvalue weighted by atomic mass is 9.93. The fraction of sp³-hybridized carbons (Fsp3) is 0.269. The van der Waals surface area contributed by atoms with Gasteiger partial charge in [0.25, 0.3) is 5.78 Å². The monoisotopic (exact) mass is 446 g/mol. The van der Waals surface area contributed by atoms with Gasteiger partial charge in [0, 0.05) is 11.6 Å². The number of hydrogen-bond acceptors (Lipinski definition) is 6. The maximum Gasteiger partial charge on any atom is 0.301 e. The molecule has 4 rings (SSSR count). The first kappa shape index (κ1) is 22.3. The molecule has 7 heteroatoms. The van der Waals surface area contributed by atoms with Crippen molar-refractivity contribution in [1.82, 2.24) is 5.16 Å². The quantitative estimate of drug-likeness (QED) is 0.320. The molecule has 170 valence electrons. The lowest BCUT2D eigenvalue weighted by Crippen LogP contribution is -2.29. The first-order valence-electron chi connectivity index (χ1n) is 10.9. The number of aromatic nitrogens is 1. The van der Waals surface area contributed by atoms with E-state index in [0.717, 1.165) is 5.56 Å². The number of amides is 1. The van der Waals surface area contributed by atoms with Gasteiger partial charge < -0.3 is 14.4 Å². The van der Waals surface area contributed by atoms with Gasteiger partial charge in [-0.25, -0.2) is 0 Å². The largest absolute Gasteiger partial charge is 0.507 e. The minimum Gasteiger partial charge on any atom is -0.507 e. The van der Waals surface area contributed by atoms with Crippen LogP contribution in [-0.4, -0.2) is 28.6 Å². The number of hydrogen-bond donors (Lipinski definition) is 1. The second kappa shape index (κ2) is 8.94. The van der Waals surface area contributed by atoms with Crippen molar-refractivity contribution < 1.29 is 24.0 Å². The summed E-state index contributed by atoms with van der Waals surface area (Å²) < 4.78 is 10.6. The van der Waals surface area contributed by atoms with Gasteiger partial charge in [-0.3, -0.25) is 14.5 Å². The van der Waals surface area contributed by atoms with Gasteiger partial charge in [0.05, 0.1) is 18.2 Å². The zero-order valence-electron chi connectivity index (χ0n) is 19.0. The van der Waals surface area contributed by atoms with Crippen molar-refractivity contribution in [3.8, 4) is 5.75 Å². The van der Waals surface area contributed by atoms with Crippen LogP contribution in [0, 0.1) is 6.92 Å². The highest BCUT2D eigenvalue weighted by Gasteiger charge is 2.48. The Morgan fingerprint density at radius 2 is 1.79 bits per heavy atom. The topological polar surface area (TPSA) is 92.9 Å². The van der Waals surface area contributed by atoms with E-state index < -0.39 is 17.7 Å². The van der Waals surface area contributed by atoms with E-state index in [1.54, 1.807) is 37.3 Å². The van der Waals surface area contributed by atoms with Crippen LogP contribution < -0.4 is 9.64 Å². The normalized spacial score (nSPS) is 17.7. The number of benzene rings is 2. The zero-order valence-corrected chi connectivity index (χ0v) is 19.0. The molecule has 2 heterocycles. The maximum atomic E-state index is 13.1. The Kier molecular flexibility index (Phi) is 6.05. The first-order chi connectivity index (χ1) is 15.8. The number of aliphatic hydroxyl groups excluding tert-OH is 1. The van der Waals surface area contributed by atoms with Crippen LogP contribution >= 0.6 is 0 Å². The van der Waals surface area contributed by atoms with Gasteiger partial charge in [0.2, 0.25) is 0 Å². The number of carbonyl (C=O) groups excluding carboxylic acids is 2. The third-order valence-electron chi connectivity index (χ3n) is 5.66. The number of anilines is 1. The number of nitrogens with zero attached hydrogens (tertiary/aromatic N) is 2. The molecule has 0 radical (unpaired) electrons. The molecule has 1 aliphatic rings. The molecule has 1 fully saturated rings. The highest BCUT2D eigenvalue weighted by atomic mass is 16.5. The van der Waals surface area contributed by atoms with Crippen molar-refractivity contribution >= 4 is 23.3 Å². The molecule has 33 heavy (non-hydrogen) atoms. The van der Waals surface area contributed by atoms with E-state index in [-0.39, 0.29) is 17.2 Å². The SMILES string of the molecule is CCOc1ccc(C(O)=C2C(=O)C(=O)N(c3cc(C)on3)[C@H]2c2ccc(C(C)C)cc2)cc1. The smallest absolute Gasteiger partial charge is 0.301 e. The second-order valence-corrected chi connectivity index (χ2v) is 8.24. The van der Waals surface area contributed by atoms with Crippen molar-refractivity contribution in [2.45, 2.75) is 39.7 Å². The third-order valence-corrected chi connectivity index (χ3v) is 5.66. The molecule has 1 aliphatic heterocycles. The lowest BCUT2D eigenvalue weighted by Gasteiger charge is -2.23. The summed E-state index contributed by atoms with van der Waals surface area (Å²) in [5.41, 5.74) is 2.23. The Hall–Kier alpha value is -3.87. The fourth-order valence-corrected chi connectivity index (χ4v) is 3.95. The number of rotatable bonds is 6. The molecule has 1 saturated heterocycles. The minimum atomic E-state index is -0.845. The number of carbonyl (C=O) groups is 2. The van der Waals surface area contributed by atoms with Crippen LogP contribution in [0.1, 0.15) is 55.2 Å². The molecule has 1 N–H and O–H groups in total. The number of Topliss-reactive ketones (excluding diaryl/α,β-unsaturated/α-hetero) is 1. The van der Waals surface area contributed by atoms with Crippen LogP contribution in [0.3, 0.4) is 0 Å². The molecule has 0 spiro atoms. The van der Waals surface area contributed by atoms with Crippen molar-refractivity contribution in [1.29, 1.82) is 0 Å². The number of ketones is 1. The summed E-state index contributed by atoms with van der Waals surface area (Å²) in [7, 11) is 0. The Morgan fingerprint density at radius 3 is 2.33 bits per heavy atom. The summed E-state index contributed by atoms with van der Waals surface area (Å²) in [4.78, 5) is 27.5. The molecular formula is C26H26N2O5. The van der Waals surface area contributed by atoms with Gasteiger partial charge in [0.1, 0.15) is 17.3 Å². The molecule has 1 amide bonds. The molecule has 0 bridgehead atoms. The summed E-state index contributed by atoms with van der Waals surface area (Å²) in [5.74, 6) is -0.0998. The van der Waals surface area contributed by atoms with E-state index in [1.165, 1.54) is 4.90 Å². The highest BCUT2D eigenvalue weighted by molar-refractivity contribution is 6.51. The summed E-state index contributed by atoms with van der Waals surface area (Å²) >= 11 is 0. The van der Waals surface area contributed by atoms with Gasteiger partial charge in [-0.05, 0) is 55.2 Å². The predicted octanol–water partition coefficient (Wildman–Crippen LogP) is 5.13. The summed E-state index contributed by atoms with van der Waals surface area (Å²) in [6.45, 7) is 8.28. The maximum absolute atomic E-state index is 13.1. The number of ether oxygens (including phenoxy) is 1. The fourth-order valence-electron chi connectivity index (χ4n) is 3.95. The van der Waals surface area contributed by atoms with E-state index in [9.17, 15) is 14.7 Å². The average Bonchev–Trinajstić information content (AvgIpc) is 3.34. The standard InChI is InChI=1S/C26H26N2O5/c1-5-32-20-12-10-19(11-13-20)24(29)22-23(18-8-6-17(7-9-18)15(2)3)28(26(31)25(22)30)21-14-16(4)33-27-21/h6-15,23,29H,5H2,1-4H3/t23-/m0/s1. The molecular weight excluding hydrogens is 420 g/mol. The molecule has 1 aromatic heterocycles. The van der Waals surface area contributed by atoms with Gasteiger partial charge >= 0.3 is 5.91 Å². The van der Waals surface area contributed by atoms with Crippen LogP contribution in [0.25, 0.3) is 5.76 Å². The van der Waals surface area contributed by atoms with E-state index >= 15 is 0 Å². The Labute approximate surface area is 192 Å². The average molecular weight is 447 g/mol. The van der Waals surface area contributed by atoms with Crippen molar-refractivity contribution in [2.24, 2.45) is 0 Å². The van der Waals surface area contributed by atoms with E-state index in [4.69, 9.17) is 9.26 Å². The van der Waals surface area contributed by atoms with Gasteiger partial charge in [-0.2, -0.15) is 0 Å². The Bertz CT molecular complexity index is 1210. The van der Waals surface area contributed by atoms with Gasteiger partial charge in [-0.15, -0.1) is 0 Å². The van der Waals surface area contributed by atoms with Crippen LogP contribution in [-0.2, 0) is 9.59 Å². The van der Waals surface area contributed by atoms with Crippen LogP contribution in [0.2, 0.25) is 0 Å². The number of aryl methyl sites for hydroxylation is 1. The molecule has 0 unspecified atom stereocenters. The van der Waals surface area contributed by atoms with Crippen LogP contribution in [0.15, 0.2) is 64.7 Å². The van der Waals surface area contributed by atoms with Crippen molar-refractivity contribution in [3.63, 3.8) is 0 Å². The molecule has 3 aromatic rings. The van der Waals surface area contributed by atoms with E-state index in [0.29, 0.717) is 35.2 Å². The lowest BCUT2D eigenvalue weighted by molar-refractivity contribution is -0.132. The molecule has 0 saturated carbocycles. The second-order valence-electron chi connectivity index (χ2n) is 8.24. The van der Waals surface area contributed by atoms with Crippen LogP contribution in [0.4, 0.5) is 5.82 Å². The first-order valence-corrected chi connectivity index (χ1v) is 10.9. The summed E-state index contributed by atoms with van der Waals surface area (Å²) in [6, 6.07) is 15.2. The van der Waals surface area contributed by atoms with Gasteiger partial charge in [-0.1, -0.05) is 43.3 Å². The predicted molar refractivity (Wildman–Crippen MR) is 124 cm³/mol. The van der Waals surface area contributed by atoms with E-state index in [1.807, 2.05) is 31.2 Å². The minimum absolute atomic E-state index is 0.00195. The Balaban J connectivity index is 1.86. The molecule has 1 atom stereocenters. The molecule has 7 nitrogen and oxygen atoms in total. The number of aliphatic hydroxyl groups is 1. The van der Waals surface area contributed by atoms with Gasteiger partial charge in [0.15, 0.2) is 5.82 Å². The highest BCUT2D eigenvalue weighted by Crippen LogP contribution is 2.42. The molecule has 2 aromatic carbocycles. The van der Waals surface area contributed by atoms with Crippen LogP contribution in [0.5, 0.6) is 5.75 Å². The Morgan fingerprint density at radius 1 is 1.12 bits per heavy atom. The molecule has 0 aliphatic carbocycles. The summed E-state index contributed by atoms with van der Waals surface area (Å²) in [5, 5.41) is 15.1. The summed E-state index contributed by atoms with van der Waals surface area (Å²) in [6.07, 6.45) is 0. The third kappa shape index (κ3) is 4.14. The zero-order chi connectivity index (χ0) is 23.7.